The number of carboxylic acids is 1. The minimum Gasteiger partial charge on any atom is -0.481 e. The lowest BCUT2D eigenvalue weighted by Gasteiger charge is -2.30. The smallest absolute Gasteiger partial charge is 0.305 e. The maximum atomic E-state index is 11.5. The van der Waals surface area contributed by atoms with Crippen molar-refractivity contribution in [2.24, 2.45) is 5.73 Å². The van der Waals surface area contributed by atoms with Crippen molar-refractivity contribution in [2.45, 2.75) is 37.6 Å². The van der Waals surface area contributed by atoms with Crippen molar-refractivity contribution in [1.29, 1.82) is 0 Å². The summed E-state index contributed by atoms with van der Waals surface area (Å²) in [5.74, 6) is -1.36. The number of nitrogens with two attached hydrogens (primary N) is 1. The second kappa shape index (κ2) is 5.83. The van der Waals surface area contributed by atoms with Crippen molar-refractivity contribution in [2.75, 3.05) is 5.32 Å². The van der Waals surface area contributed by atoms with Crippen LogP contribution in [0.3, 0.4) is 0 Å². The fourth-order valence-electron chi connectivity index (χ4n) is 2.81. The van der Waals surface area contributed by atoms with Crippen molar-refractivity contribution < 1.29 is 14.7 Å². The molecule has 1 amide bonds. The van der Waals surface area contributed by atoms with Gasteiger partial charge >= 0.3 is 5.97 Å². The van der Waals surface area contributed by atoms with Gasteiger partial charge < -0.3 is 16.2 Å². The molecule has 6 heteroatoms. The van der Waals surface area contributed by atoms with Gasteiger partial charge in [-0.05, 0) is 31.0 Å². The first kappa shape index (κ1) is 14.8. The van der Waals surface area contributed by atoms with Crippen LogP contribution in [0.15, 0.2) is 22.7 Å². The van der Waals surface area contributed by atoms with Gasteiger partial charge in [0.25, 0.3) is 5.91 Å². The first-order valence-corrected chi connectivity index (χ1v) is 7.30. The maximum Gasteiger partial charge on any atom is 0.305 e. The molecule has 5 nitrogen and oxygen atoms in total. The quantitative estimate of drug-likeness (QED) is 0.768. The third kappa shape index (κ3) is 3.30. The summed E-state index contributed by atoms with van der Waals surface area (Å²) in [6, 6.07) is 5.14. The number of anilines is 1. The minimum absolute atomic E-state index is 0.0394. The predicted octanol–water partition coefficient (Wildman–Crippen LogP) is 2.75. The SMILES string of the molecule is NC(=O)c1ccc(Br)cc1NC1(CC(=O)O)CCCC1. The van der Waals surface area contributed by atoms with Crippen LogP contribution >= 0.6 is 15.9 Å². The first-order valence-electron chi connectivity index (χ1n) is 6.51. The standard InChI is InChI=1S/C14H17BrN2O3/c15-9-3-4-10(13(16)20)11(7-9)17-14(8-12(18)19)5-1-2-6-14/h3-4,7,17H,1-2,5-6,8H2,(H2,16,20)(H,18,19). The second-order valence-electron chi connectivity index (χ2n) is 5.24. The van der Waals surface area contributed by atoms with Crippen LogP contribution in [0, 0.1) is 0 Å². The molecule has 1 saturated carbocycles. The van der Waals surface area contributed by atoms with Gasteiger partial charge in [0, 0.05) is 15.7 Å². The van der Waals surface area contributed by atoms with Crippen molar-refractivity contribution in [3.8, 4) is 0 Å². The van der Waals surface area contributed by atoms with Crippen molar-refractivity contribution >= 4 is 33.5 Å². The Hall–Kier alpha value is -1.56. The molecule has 0 atom stereocenters. The number of carbonyl (C=O) groups is 2. The van der Waals surface area contributed by atoms with Gasteiger partial charge in [-0.3, -0.25) is 9.59 Å². The highest BCUT2D eigenvalue weighted by Crippen LogP contribution is 2.37. The molecular weight excluding hydrogens is 324 g/mol. The average Bonchev–Trinajstić information content (AvgIpc) is 2.75. The summed E-state index contributed by atoms with van der Waals surface area (Å²) in [7, 11) is 0. The highest BCUT2D eigenvalue weighted by atomic mass is 79.9. The number of primary amides is 1. The fraction of sp³-hybridized carbons (Fsp3) is 0.429. The van der Waals surface area contributed by atoms with Gasteiger partial charge in [-0.15, -0.1) is 0 Å². The lowest BCUT2D eigenvalue weighted by Crippen LogP contribution is -2.38. The Balaban J connectivity index is 2.33. The molecule has 0 unspecified atom stereocenters. The molecule has 0 radical (unpaired) electrons. The third-order valence-electron chi connectivity index (χ3n) is 3.70. The predicted molar refractivity (Wildman–Crippen MR) is 79.7 cm³/mol. The van der Waals surface area contributed by atoms with Crippen LogP contribution in [0.5, 0.6) is 0 Å². The summed E-state index contributed by atoms with van der Waals surface area (Å²) in [6.45, 7) is 0. The Bertz CT molecular complexity index is 539. The second-order valence-corrected chi connectivity index (χ2v) is 6.15. The van der Waals surface area contributed by atoms with E-state index in [-0.39, 0.29) is 6.42 Å². The van der Waals surface area contributed by atoms with Crippen LogP contribution in [0.4, 0.5) is 5.69 Å². The van der Waals surface area contributed by atoms with Crippen LogP contribution in [0.25, 0.3) is 0 Å². The molecule has 0 aliphatic heterocycles. The van der Waals surface area contributed by atoms with E-state index in [0.717, 1.165) is 30.2 Å². The molecule has 108 valence electrons. The number of hydrogen-bond acceptors (Lipinski definition) is 3. The maximum absolute atomic E-state index is 11.5. The molecular formula is C14H17BrN2O3. The molecule has 4 N–H and O–H groups in total. The summed E-state index contributed by atoms with van der Waals surface area (Å²) in [5, 5.41) is 12.4. The molecule has 1 aliphatic carbocycles. The molecule has 20 heavy (non-hydrogen) atoms. The largest absolute Gasteiger partial charge is 0.481 e. The first-order chi connectivity index (χ1) is 9.42. The number of halogens is 1. The van der Waals surface area contributed by atoms with E-state index in [2.05, 4.69) is 21.2 Å². The number of hydrogen-bond donors (Lipinski definition) is 3. The normalized spacial score (nSPS) is 16.9. The monoisotopic (exact) mass is 340 g/mol. The lowest BCUT2D eigenvalue weighted by molar-refractivity contribution is -0.138. The Morgan fingerprint density at radius 2 is 2.00 bits per heavy atom. The van der Waals surface area contributed by atoms with Crippen LogP contribution in [-0.4, -0.2) is 22.5 Å². The Kier molecular flexibility index (Phi) is 4.32. The van der Waals surface area contributed by atoms with Crippen LogP contribution < -0.4 is 11.1 Å². The molecule has 0 aromatic heterocycles. The zero-order valence-corrected chi connectivity index (χ0v) is 12.6. The summed E-state index contributed by atoms with van der Waals surface area (Å²) in [5.41, 5.74) is 5.86. The molecule has 0 bridgehead atoms. The van der Waals surface area contributed by atoms with Crippen LogP contribution in [0.1, 0.15) is 42.5 Å². The average molecular weight is 341 g/mol. The number of aliphatic carboxylic acids is 1. The van der Waals surface area contributed by atoms with Crippen molar-refractivity contribution in [1.82, 2.24) is 0 Å². The Labute approximate surface area is 125 Å². The molecule has 1 aromatic carbocycles. The minimum atomic E-state index is -0.838. The highest BCUT2D eigenvalue weighted by molar-refractivity contribution is 9.10. The van der Waals surface area contributed by atoms with Gasteiger partial charge in [0.1, 0.15) is 0 Å². The molecule has 2 rings (SSSR count). The molecule has 0 saturated heterocycles. The van der Waals surface area contributed by atoms with E-state index in [1.807, 2.05) is 0 Å². The van der Waals surface area contributed by atoms with Crippen LogP contribution in [0.2, 0.25) is 0 Å². The number of carboxylic acid groups (broad SMARTS) is 1. The number of benzene rings is 1. The van der Waals surface area contributed by atoms with Crippen molar-refractivity contribution in [3.63, 3.8) is 0 Å². The fourth-order valence-corrected chi connectivity index (χ4v) is 3.17. The zero-order chi connectivity index (χ0) is 14.8. The molecule has 1 aromatic rings. The molecule has 1 aliphatic rings. The van der Waals surface area contributed by atoms with Gasteiger partial charge in [0.15, 0.2) is 0 Å². The van der Waals surface area contributed by atoms with E-state index in [1.165, 1.54) is 0 Å². The van der Waals surface area contributed by atoms with Crippen molar-refractivity contribution in [3.05, 3.63) is 28.2 Å². The topological polar surface area (TPSA) is 92.4 Å². The van der Waals surface area contributed by atoms with Crippen LogP contribution in [-0.2, 0) is 4.79 Å². The number of carbonyl (C=O) groups excluding carboxylic acids is 1. The van der Waals surface area contributed by atoms with E-state index < -0.39 is 17.4 Å². The zero-order valence-electron chi connectivity index (χ0n) is 11.0. The number of nitrogens with one attached hydrogen (secondary N) is 1. The van der Waals surface area contributed by atoms with Gasteiger partial charge in [0.05, 0.1) is 12.0 Å². The van der Waals surface area contributed by atoms with E-state index >= 15 is 0 Å². The lowest BCUT2D eigenvalue weighted by atomic mass is 9.92. The van der Waals surface area contributed by atoms with E-state index in [0.29, 0.717) is 11.3 Å². The number of amides is 1. The molecule has 0 spiro atoms. The Morgan fingerprint density at radius 1 is 1.35 bits per heavy atom. The van der Waals surface area contributed by atoms with Gasteiger partial charge in [-0.25, -0.2) is 0 Å². The molecule has 0 heterocycles. The third-order valence-corrected chi connectivity index (χ3v) is 4.19. The van der Waals surface area contributed by atoms with Gasteiger partial charge in [-0.1, -0.05) is 28.8 Å². The summed E-state index contributed by atoms with van der Waals surface area (Å²) in [6.07, 6.45) is 3.58. The molecule has 1 fully saturated rings. The van der Waals surface area contributed by atoms with E-state index in [9.17, 15) is 9.59 Å². The Morgan fingerprint density at radius 3 is 2.55 bits per heavy atom. The summed E-state index contributed by atoms with van der Waals surface area (Å²) >= 11 is 3.35. The van der Waals surface area contributed by atoms with E-state index in [1.54, 1.807) is 18.2 Å². The summed E-state index contributed by atoms with van der Waals surface area (Å²) < 4.78 is 0.813. The number of rotatable bonds is 5. The van der Waals surface area contributed by atoms with E-state index in [4.69, 9.17) is 10.8 Å². The summed E-state index contributed by atoms with van der Waals surface area (Å²) in [4.78, 5) is 22.6. The highest BCUT2D eigenvalue weighted by Gasteiger charge is 2.36. The van der Waals surface area contributed by atoms with Gasteiger partial charge in [0.2, 0.25) is 0 Å². The van der Waals surface area contributed by atoms with Gasteiger partial charge in [-0.2, -0.15) is 0 Å².